The Labute approximate surface area is 139 Å². The van der Waals surface area contributed by atoms with Gasteiger partial charge in [-0.3, -0.25) is 4.99 Å². The normalized spacial score (nSPS) is 22.4. The van der Waals surface area contributed by atoms with Crippen LogP contribution in [0.4, 0.5) is 0 Å². The summed E-state index contributed by atoms with van der Waals surface area (Å²) in [4.78, 5) is 13.1. The molecule has 2 heterocycles. The van der Waals surface area contributed by atoms with Crippen LogP contribution in [0.15, 0.2) is 4.99 Å². The maximum absolute atomic E-state index is 4.85. The highest BCUT2D eigenvalue weighted by atomic mass is 32.1. The lowest BCUT2D eigenvalue weighted by atomic mass is 9.87. The standard InChI is InChI=1S/C17H30N4S/c1-6-17(5)9-11-21(12-17)16(18-7-2)19-10-8-15-13(3)20-14(4)22-15/h6-12H2,1-5H3,(H,18,19). The van der Waals surface area contributed by atoms with Crippen LogP contribution >= 0.6 is 11.3 Å². The molecule has 0 aromatic carbocycles. The molecule has 0 bridgehead atoms. The zero-order chi connectivity index (χ0) is 16.2. The molecule has 1 aromatic rings. The fourth-order valence-electron chi connectivity index (χ4n) is 2.99. The Bertz CT molecular complexity index is 523. The lowest BCUT2D eigenvalue weighted by Crippen LogP contribution is -2.41. The number of nitrogens with zero attached hydrogens (tertiary/aromatic N) is 3. The molecule has 0 amide bonds. The van der Waals surface area contributed by atoms with Crippen molar-refractivity contribution in [2.24, 2.45) is 10.4 Å². The van der Waals surface area contributed by atoms with Crippen LogP contribution in [-0.4, -0.2) is 42.0 Å². The van der Waals surface area contributed by atoms with E-state index in [4.69, 9.17) is 4.99 Å². The Morgan fingerprint density at radius 1 is 1.41 bits per heavy atom. The maximum atomic E-state index is 4.85. The van der Waals surface area contributed by atoms with Gasteiger partial charge in [-0.05, 0) is 39.0 Å². The van der Waals surface area contributed by atoms with Gasteiger partial charge < -0.3 is 10.2 Å². The first-order valence-corrected chi connectivity index (χ1v) is 9.25. The first-order valence-electron chi connectivity index (χ1n) is 8.43. The van der Waals surface area contributed by atoms with Crippen molar-refractivity contribution in [2.75, 3.05) is 26.2 Å². The van der Waals surface area contributed by atoms with Crippen molar-refractivity contribution >= 4 is 17.3 Å². The van der Waals surface area contributed by atoms with Gasteiger partial charge in [0, 0.05) is 37.5 Å². The molecule has 22 heavy (non-hydrogen) atoms. The van der Waals surface area contributed by atoms with Gasteiger partial charge >= 0.3 is 0 Å². The van der Waals surface area contributed by atoms with Crippen molar-refractivity contribution in [1.82, 2.24) is 15.2 Å². The van der Waals surface area contributed by atoms with Crippen molar-refractivity contribution in [3.05, 3.63) is 15.6 Å². The zero-order valence-electron chi connectivity index (χ0n) is 14.7. The fraction of sp³-hybridized carbons (Fsp3) is 0.765. The third kappa shape index (κ3) is 4.22. The Balaban J connectivity index is 1.97. The van der Waals surface area contributed by atoms with E-state index in [-0.39, 0.29) is 0 Å². The second kappa shape index (κ2) is 7.44. The second-order valence-corrected chi connectivity index (χ2v) is 7.85. The average molecular weight is 323 g/mol. The third-order valence-corrected chi connectivity index (χ3v) is 5.78. The Morgan fingerprint density at radius 3 is 2.73 bits per heavy atom. The summed E-state index contributed by atoms with van der Waals surface area (Å²) in [7, 11) is 0. The molecule has 5 heteroatoms. The molecule has 1 atom stereocenters. The number of guanidine groups is 1. The van der Waals surface area contributed by atoms with Crippen LogP contribution in [-0.2, 0) is 6.42 Å². The molecule has 1 N–H and O–H groups in total. The third-order valence-electron chi connectivity index (χ3n) is 4.65. The summed E-state index contributed by atoms with van der Waals surface area (Å²) in [6.07, 6.45) is 3.49. The largest absolute Gasteiger partial charge is 0.357 e. The molecule has 0 spiro atoms. The molecular formula is C17H30N4S. The molecule has 4 nitrogen and oxygen atoms in total. The van der Waals surface area contributed by atoms with Crippen LogP contribution in [0.2, 0.25) is 0 Å². The predicted molar refractivity (Wildman–Crippen MR) is 95.9 cm³/mol. The minimum atomic E-state index is 0.446. The smallest absolute Gasteiger partial charge is 0.193 e. The first-order chi connectivity index (χ1) is 10.5. The van der Waals surface area contributed by atoms with Gasteiger partial charge in [-0.2, -0.15) is 0 Å². The number of likely N-dealkylation sites (tertiary alicyclic amines) is 1. The summed E-state index contributed by atoms with van der Waals surface area (Å²) in [6, 6.07) is 0. The predicted octanol–water partition coefficient (Wildman–Crippen LogP) is 3.39. The quantitative estimate of drug-likeness (QED) is 0.667. The summed E-state index contributed by atoms with van der Waals surface area (Å²) in [5.74, 6) is 1.08. The zero-order valence-corrected chi connectivity index (χ0v) is 15.5. The molecule has 1 fully saturated rings. The number of rotatable bonds is 5. The number of hydrogen-bond acceptors (Lipinski definition) is 3. The van der Waals surface area contributed by atoms with Gasteiger partial charge in [-0.25, -0.2) is 4.98 Å². The summed E-state index contributed by atoms with van der Waals surface area (Å²) in [5.41, 5.74) is 1.61. The number of aromatic nitrogens is 1. The minimum absolute atomic E-state index is 0.446. The Kier molecular flexibility index (Phi) is 5.84. The van der Waals surface area contributed by atoms with Crippen LogP contribution in [0, 0.1) is 19.3 Å². The number of thiazole rings is 1. The molecule has 1 aliphatic heterocycles. The number of aliphatic imine (C=N–C) groups is 1. The van der Waals surface area contributed by atoms with Gasteiger partial charge in [0.15, 0.2) is 5.96 Å². The van der Waals surface area contributed by atoms with Gasteiger partial charge in [-0.1, -0.05) is 13.8 Å². The van der Waals surface area contributed by atoms with Crippen molar-refractivity contribution in [3.63, 3.8) is 0 Å². The van der Waals surface area contributed by atoms with Crippen LogP contribution in [0.3, 0.4) is 0 Å². The van der Waals surface area contributed by atoms with Crippen molar-refractivity contribution in [2.45, 2.75) is 53.9 Å². The number of aryl methyl sites for hydroxylation is 2. The minimum Gasteiger partial charge on any atom is -0.357 e. The highest BCUT2D eigenvalue weighted by Crippen LogP contribution is 2.32. The van der Waals surface area contributed by atoms with Gasteiger partial charge in [0.2, 0.25) is 0 Å². The topological polar surface area (TPSA) is 40.5 Å². The van der Waals surface area contributed by atoms with E-state index in [2.05, 4.69) is 49.8 Å². The van der Waals surface area contributed by atoms with Gasteiger partial charge in [0.05, 0.1) is 10.7 Å². The van der Waals surface area contributed by atoms with Crippen LogP contribution < -0.4 is 5.32 Å². The van der Waals surface area contributed by atoms with Crippen LogP contribution in [0.25, 0.3) is 0 Å². The Hall–Kier alpha value is -1.10. The summed E-state index contributed by atoms with van der Waals surface area (Å²) in [5, 5.41) is 4.61. The monoisotopic (exact) mass is 322 g/mol. The number of hydrogen-bond donors (Lipinski definition) is 1. The van der Waals surface area contributed by atoms with Gasteiger partial charge in [0.1, 0.15) is 0 Å². The fourth-order valence-corrected chi connectivity index (χ4v) is 3.91. The molecule has 1 saturated heterocycles. The molecular weight excluding hydrogens is 292 g/mol. The van der Waals surface area contributed by atoms with E-state index in [0.29, 0.717) is 5.41 Å². The van der Waals surface area contributed by atoms with Crippen LogP contribution in [0.1, 0.15) is 49.2 Å². The molecule has 1 aromatic heterocycles. The van der Waals surface area contributed by atoms with Crippen molar-refractivity contribution in [1.29, 1.82) is 0 Å². The van der Waals surface area contributed by atoms with E-state index >= 15 is 0 Å². The lowest BCUT2D eigenvalue weighted by Gasteiger charge is -2.25. The van der Waals surface area contributed by atoms with Gasteiger partial charge in [0.25, 0.3) is 0 Å². The highest BCUT2D eigenvalue weighted by molar-refractivity contribution is 7.11. The van der Waals surface area contributed by atoms with E-state index in [1.54, 1.807) is 11.3 Å². The molecule has 1 aliphatic rings. The van der Waals surface area contributed by atoms with E-state index in [0.717, 1.165) is 43.6 Å². The van der Waals surface area contributed by atoms with E-state index in [9.17, 15) is 0 Å². The van der Waals surface area contributed by atoms with Crippen LogP contribution in [0.5, 0.6) is 0 Å². The first kappa shape index (κ1) is 17.3. The maximum Gasteiger partial charge on any atom is 0.193 e. The van der Waals surface area contributed by atoms with E-state index < -0.39 is 0 Å². The molecule has 0 aliphatic carbocycles. The van der Waals surface area contributed by atoms with Crippen molar-refractivity contribution in [3.8, 4) is 0 Å². The van der Waals surface area contributed by atoms with E-state index in [1.165, 1.54) is 23.4 Å². The van der Waals surface area contributed by atoms with Crippen molar-refractivity contribution < 1.29 is 0 Å². The summed E-state index contributed by atoms with van der Waals surface area (Å²) < 4.78 is 0. The Morgan fingerprint density at radius 2 is 2.18 bits per heavy atom. The van der Waals surface area contributed by atoms with E-state index in [1.807, 2.05) is 0 Å². The summed E-state index contributed by atoms with van der Waals surface area (Å²) >= 11 is 1.80. The molecule has 0 saturated carbocycles. The second-order valence-electron chi connectivity index (χ2n) is 6.56. The summed E-state index contributed by atoms with van der Waals surface area (Å²) in [6.45, 7) is 15.0. The molecule has 0 radical (unpaired) electrons. The van der Waals surface area contributed by atoms with Gasteiger partial charge in [-0.15, -0.1) is 11.3 Å². The highest BCUT2D eigenvalue weighted by Gasteiger charge is 2.33. The molecule has 2 rings (SSSR count). The average Bonchev–Trinajstić information content (AvgIpc) is 3.02. The number of nitrogens with one attached hydrogen (secondary N) is 1. The lowest BCUT2D eigenvalue weighted by molar-refractivity contribution is 0.322. The SMILES string of the molecule is CCNC(=NCCc1sc(C)nc1C)N1CCC(C)(CC)C1. The molecule has 1 unspecified atom stereocenters. The molecule has 124 valence electrons.